The van der Waals surface area contributed by atoms with Gasteiger partial charge >= 0.3 is 0 Å². The fourth-order valence-corrected chi connectivity index (χ4v) is 1.74. The number of aromatic nitrogens is 1. The van der Waals surface area contributed by atoms with E-state index in [2.05, 4.69) is 29.9 Å². The van der Waals surface area contributed by atoms with E-state index >= 15 is 0 Å². The molecule has 3 nitrogen and oxygen atoms in total. The molecule has 0 atom stereocenters. The van der Waals surface area contributed by atoms with Gasteiger partial charge < -0.3 is 4.42 Å². The Morgan fingerprint density at radius 1 is 1.31 bits per heavy atom. The minimum atomic E-state index is -0.0390. The van der Waals surface area contributed by atoms with Crippen molar-refractivity contribution in [2.45, 2.75) is 13.8 Å². The minimum Gasteiger partial charge on any atom is -0.453 e. The van der Waals surface area contributed by atoms with Crippen LogP contribution in [0.4, 0.5) is 5.69 Å². The average Bonchev–Trinajstić information content (AvgIpc) is 2.54. The van der Waals surface area contributed by atoms with Gasteiger partial charge in [-0.15, -0.1) is 0 Å². The fourth-order valence-electron chi connectivity index (χ4n) is 1.74. The van der Waals surface area contributed by atoms with Gasteiger partial charge in [-0.3, -0.25) is 9.98 Å². The Morgan fingerprint density at radius 2 is 2.19 bits per heavy atom. The minimum absolute atomic E-state index is 0.0390. The number of aliphatic imine (C=N–C) groups is 1. The number of furan rings is 1. The summed E-state index contributed by atoms with van der Waals surface area (Å²) in [7, 11) is 0. The molecule has 3 heterocycles. The Labute approximate surface area is 93.5 Å². The van der Waals surface area contributed by atoms with E-state index < -0.39 is 0 Å². The van der Waals surface area contributed by atoms with Crippen molar-refractivity contribution in [1.29, 1.82) is 0 Å². The van der Waals surface area contributed by atoms with Crippen molar-refractivity contribution in [1.82, 2.24) is 4.98 Å². The summed E-state index contributed by atoms with van der Waals surface area (Å²) in [5.41, 5.74) is 2.41. The van der Waals surface area contributed by atoms with Crippen molar-refractivity contribution in [2.24, 2.45) is 10.4 Å². The van der Waals surface area contributed by atoms with Crippen molar-refractivity contribution >= 4 is 29.1 Å². The van der Waals surface area contributed by atoms with Gasteiger partial charge in [0.05, 0.1) is 0 Å². The van der Waals surface area contributed by atoms with Gasteiger partial charge in [-0.05, 0) is 18.2 Å². The largest absolute Gasteiger partial charge is 0.453 e. The van der Waals surface area contributed by atoms with E-state index in [0.717, 1.165) is 22.5 Å². The molecule has 0 aromatic carbocycles. The maximum absolute atomic E-state index is 5.70. The van der Waals surface area contributed by atoms with Gasteiger partial charge in [-0.2, -0.15) is 0 Å². The zero-order valence-electron chi connectivity index (χ0n) is 9.27. The van der Waals surface area contributed by atoms with Crippen molar-refractivity contribution in [3.63, 3.8) is 0 Å². The summed E-state index contributed by atoms with van der Waals surface area (Å²) in [5, 5.41) is 0. The molecule has 0 saturated carbocycles. The first-order chi connectivity index (χ1) is 7.66. The summed E-state index contributed by atoms with van der Waals surface area (Å²) in [6, 6.07) is 3.77. The predicted molar refractivity (Wildman–Crippen MR) is 65.0 cm³/mol. The van der Waals surface area contributed by atoms with Crippen molar-refractivity contribution in [3.05, 3.63) is 30.2 Å². The van der Waals surface area contributed by atoms with Crippen molar-refractivity contribution in [3.8, 4) is 0 Å². The van der Waals surface area contributed by atoms with Crippen LogP contribution in [0.1, 0.15) is 19.6 Å². The molecule has 1 aliphatic rings. The molecule has 3 rings (SSSR count). The van der Waals surface area contributed by atoms with Crippen LogP contribution in [0.5, 0.6) is 0 Å². The third-order valence-electron chi connectivity index (χ3n) is 2.64. The molecule has 0 amide bonds. The van der Waals surface area contributed by atoms with Crippen molar-refractivity contribution in [2.75, 3.05) is 0 Å². The van der Waals surface area contributed by atoms with E-state index in [1.807, 2.05) is 24.4 Å². The highest BCUT2D eigenvalue weighted by Crippen LogP contribution is 2.35. The number of hydrogen-bond donors (Lipinski definition) is 0. The fraction of sp³-hybridized carbons (Fsp3) is 0.231. The summed E-state index contributed by atoms with van der Waals surface area (Å²) < 4.78 is 5.70. The Balaban J connectivity index is 2.30. The van der Waals surface area contributed by atoms with E-state index in [9.17, 15) is 0 Å². The second kappa shape index (κ2) is 3.04. The second-order valence-electron chi connectivity index (χ2n) is 4.58. The number of nitrogens with zero attached hydrogens (tertiary/aromatic N) is 2. The Hall–Kier alpha value is -1.90. The SMILES string of the molecule is CC1(C)C=Cc2oc3cccnc3c2N=C1. The van der Waals surface area contributed by atoms with Crippen LogP contribution in [0.15, 0.2) is 33.8 Å². The number of pyridine rings is 1. The van der Waals surface area contributed by atoms with E-state index in [-0.39, 0.29) is 5.41 Å². The lowest BCUT2D eigenvalue weighted by Gasteiger charge is -2.10. The third-order valence-corrected chi connectivity index (χ3v) is 2.64. The summed E-state index contributed by atoms with van der Waals surface area (Å²) in [6.45, 7) is 4.21. The Morgan fingerprint density at radius 3 is 3.06 bits per heavy atom. The van der Waals surface area contributed by atoms with Gasteiger partial charge in [-0.1, -0.05) is 19.9 Å². The molecule has 0 radical (unpaired) electrons. The average molecular weight is 212 g/mol. The van der Waals surface area contributed by atoms with Crippen LogP contribution in [0, 0.1) is 5.41 Å². The van der Waals surface area contributed by atoms with Gasteiger partial charge in [0, 0.05) is 17.8 Å². The van der Waals surface area contributed by atoms with Gasteiger partial charge in [-0.25, -0.2) is 0 Å². The molecule has 0 saturated heterocycles. The first-order valence-electron chi connectivity index (χ1n) is 5.28. The molecule has 0 N–H and O–H groups in total. The van der Waals surface area contributed by atoms with E-state index in [4.69, 9.17) is 4.42 Å². The highest BCUT2D eigenvalue weighted by Gasteiger charge is 2.18. The van der Waals surface area contributed by atoms with Crippen LogP contribution >= 0.6 is 0 Å². The van der Waals surface area contributed by atoms with Gasteiger partial charge in [0.2, 0.25) is 0 Å². The molecule has 0 unspecified atom stereocenters. The van der Waals surface area contributed by atoms with Crippen LogP contribution in [-0.4, -0.2) is 11.2 Å². The highest BCUT2D eigenvalue weighted by molar-refractivity contribution is 5.93. The highest BCUT2D eigenvalue weighted by atomic mass is 16.3. The molecule has 1 aliphatic heterocycles. The van der Waals surface area contributed by atoms with Crippen LogP contribution in [0.2, 0.25) is 0 Å². The lowest BCUT2D eigenvalue weighted by molar-refractivity contribution is 0.603. The topological polar surface area (TPSA) is 38.4 Å². The summed E-state index contributed by atoms with van der Waals surface area (Å²) in [4.78, 5) is 8.79. The van der Waals surface area contributed by atoms with Gasteiger partial charge in [0.15, 0.2) is 11.3 Å². The smallest absolute Gasteiger partial charge is 0.155 e. The lowest BCUT2D eigenvalue weighted by atomic mass is 9.95. The van der Waals surface area contributed by atoms with Crippen molar-refractivity contribution < 1.29 is 4.42 Å². The van der Waals surface area contributed by atoms with Crippen LogP contribution in [0.25, 0.3) is 17.2 Å². The molecule has 3 heteroatoms. The van der Waals surface area contributed by atoms with E-state index in [1.165, 1.54) is 0 Å². The number of rotatable bonds is 0. The molecular weight excluding hydrogens is 200 g/mol. The van der Waals surface area contributed by atoms with E-state index in [0.29, 0.717) is 0 Å². The zero-order chi connectivity index (χ0) is 11.2. The van der Waals surface area contributed by atoms with Gasteiger partial charge in [0.1, 0.15) is 11.2 Å². The number of fused-ring (bicyclic) bond motifs is 3. The quantitative estimate of drug-likeness (QED) is 0.669. The van der Waals surface area contributed by atoms with Gasteiger partial charge in [0.25, 0.3) is 0 Å². The number of hydrogen-bond acceptors (Lipinski definition) is 3. The first-order valence-corrected chi connectivity index (χ1v) is 5.28. The maximum Gasteiger partial charge on any atom is 0.155 e. The molecule has 0 bridgehead atoms. The maximum atomic E-state index is 5.70. The molecule has 2 aromatic heterocycles. The molecule has 80 valence electrons. The Bertz CT molecular complexity index is 605. The normalized spacial score (nSPS) is 17.4. The first kappa shape index (κ1) is 9.33. The summed E-state index contributed by atoms with van der Waals surface area (Å²) >= 11 is 0. The monoisotopic (exact) mass is 212 g/mol. The second-order valence-corrected chi connectivity index (χ2v) is 4.58. The van der Waals surface area contributed by atoms with Crippen LogP contribution < -0.4 is 0 Å². The van der Waals surface area contributed by atoms with Crippen LogP contribution in [-0.2, 0) is 0 Å². The molecule has 2 aromatic rings. The van der Waals surface area contributed by atoms with E-state index in [1.54, 1.807) is 6.20 Å². The molecule has 0 spiro atoms. The van der Waals surface area contributed by atoms with Crippen LogP contribution in [0.3, 0.4) is 0 Å². The third kappa shape index (κ3) is 1.36. The molecule has 16 heavy (non-hydrogen) atoms. The lowest BCUT2D eigenvalue weighted by Crippen LogP contribution is -2.07. The Kier molecular flexibility index (Phi) is 1.78. The molecular formula is C13H12N2O. The summed E-state index contributed by atoms with van der Waals surface area (Å²) in [6.07, 6.45) is 7.75. The zero-order valence-corrected chi connectivity index (χ0v) is 9.27. The predicted octanol–water partition coefficient (Wildman–Crippen LogP) is 3.58. The summed E-state index contributed by atoms with van der Waals surface area (Å²) in [5.74, 6) is 0.788. The number of allylic oxidation sites excluding steroid dienone is 1. The molecule has 0 aliphatic carbocycles. The molecule has 0 fully saturated rings. The standard InChI is InChI=1S/C13H12N2O/c1-13(2)6-5-10-12(15-8-13)11-9(16-10)4-3-7-14-11/h3-8H,1-2H3.